The van der Waals surface area contributed by atoms with E-state index in [1.807, 2.05) is 30.3 Å². The lowest BCUT2D eigenvalue weighted by atomic mass is 10.1. The molecule has 4 heteroatoms. The first-order valence-corrected chi connectivity index (χ1v) is 7.37. The van der Waals surface area contributed by atoms with Crippen molar-refractivity contribution in [2.75, 3.05) is 5.32 Å². The van der Waals surface area contributed by atoms with Crippen molar-refractivity contribution >= 4 is 51.5 Å². The predicted octanol–water partition coefficient (Wildman–Crippen LogP) is 5.77. The van der Waals surface area contributed by atoms with Crippen molar-refractivity contribution in [3.05, 3.63) is 61.6 Å². The number of benzene rings is 2. The summed E-state index contributed by atoms with van der Waals surface area (Å²) in [7, 11) is 0. The molecule has 94 valence electrons. The van der Waals surface area contributed by atoms with Gasteiger partial charge in [-0.2, -0.15) is 0 Å². The summed E-state index contributed by atoms with van der Waals surface area (Å²) in [5.74, 6) is 0. The highest BCUT2D eigenvalue weighted by Gasteiger charge is 2.08. The van der Waals surface area contributed by atoms with Crippen LogP contribution in [0.25, 0.3) is 0 Å². The minimum atomic E-state index is 0.177. The van der Waals surface area contributed by atoms with Crippen LogP contribution in [0.4, 0.5) is 5.69 Å². The maximum atomic E-state index is 6.03. The summed E-state index contributed by atoms with van der Waals surface area (Å²) < 4.78 is 1.20. The summed E-state index contributed by atoms with van der Waals surface area (Å²) in [6, 6.07) is 14.1. The average Bonchev–Trinajstić information content (AvgIpc) is 2.35. The number of rotatable bonds is 3. The van der Waals surface area contributed by atoms with Crippen LogP contribution in [-0.4, -0.2) is 0 Å². The van der Waals surface area contributed by atoms with Crippen LogP contribution in [0.1, 0.15) is 18.5 Å². The Kier molecular flexibility index (Phi) is 4.76. The number of anilines is 1. The maximum Gasteiger partial charge on any atom is 0.0595 e. The van der Waals surface area contributed by atoms with Crippen molar-refractivity contribution in [2.24, 2.45) is 0 Å². The molecule has 0 heterocycles. The predicted molar refractivity (Wildman–Crippen MR) is 87.7 cm³/mol. The van der Waals surface area contributed by atoms with Gasteiger partial charge in [-0.25, -0.2) is 0 Å². The Bertz CT molecular complexity index is 557. The van der Waals surface area contributed by atoms with Crippen molar-refractivity contribution < 1.29 is 0 Å². The van der Waals surface area contributed by atoms with E-state index in [0.29, 0.717) is 10.0 Å². The van der Waals surface area contributed by atoms with Crippen molar-refractivity contribution in [3.63, 3.8) is 0 Å². The Morgan fingerprint density at radius 2 is 1.78 bits per heavy atom. The normalized spacial score (nSPS) is 12.2. The second-order valence-corrected chi connectivity index (χ2v) is 6.00. The average molecular weight is 392 g/mol. The number of nitrogens with one attached hydrogen (secondary N) is 1. The molecule has 0 radical (unpaired) electrons. The van der Waals surface area contributed by atoms with Gasteiger partial charge in [0.1, 0.15) is 0 Å². The Morgan fingerprint density at radius 1 is 1.06 bits per heavy atom. The molecule has 0 aliphatic heterocycles. The highest BCUT2D eigenvalue weighted by Crippen LogP contribution is 2.28. The fraction of sp³-hybridized carbons (Fsp3) is 0.143. The van der Waals surface area contributed by atoms with Crippen molar-refractivity contribution in [1.29, 1.82) is 0 Å². The smallest absolute Gasteiger partial charge is 0.0595 e. The summed E-state index contributed by atoms with van der Waals surface area (Å²) >= 11 is 14.3. The summed E-state index contributed by atoms with van der Waals surface area (Å²) in [6.07, 6.45) is 0. The van der Waals surface area contributed by atoms with E-state index in [-0.39, 0.29) is 6.04 Å². The van der Waals surface area contributed by atoms with Gasteiger partial charge in [0.15, 0.2) is 0 Å². The van der Waals surface area contributed by atoms with Gasteiger partial charge >= 0.3 is 0 Å². The molecule has 0 bridgehead atoms. The molecular formula is C14H12Cl2IN. The molecule has 1 N–H and O–H groups in total. The largest absolute Gasteiger partial charge is 0.378 e. The van der Waals surface area contributed by atoms with Crippen LogP contribution in [0, 0.1) is 3.57 Å². The van der Waals surface area contributed by atoms with Crippen LogP contribution in [0.15, 0.2) is 42.5 Å². The van der Waals surface area contributed by atoms with E-state index in [0.717, 1.165) is 11.3 Å². The standard InChI is InChI=1S/C14H12Cl2IN/c1-9(10-6-7-11(15)12(16)8-10)18-14-5-3-2-4-13(14)17/h2-9,18H,1H3. The second-order valence-electron chi connectivity index (χ2n) is 4.02. The fourth-order valence-corrected chi connectivity index (χ4v) is 2.53. The summed E-state index contributed by atoms with van der Waals surface area (Å²) in [4.78, 5) is 0. The van der Waals surface area contributed by atoms with E-state index < -0.39 is 0 Å². The van der Waals surface area contributed by atoms with E-state index in [1.54, 1.807) is 0 Å². The molecule has 0 aliphatic carbocycles. The first-order chi connectivity index (χ1) is 8.58. The van der Waals surface area contributed by atoms with Gasteiger partial charge in [0.25, 0.3) is 0 Å². The quantitative estimate of drug-likeness (QED) is 0.654. The molecule has 18 heavy (non-hydrogen) atoms. The zero-order chi connectivity index (χ0) is 13.1. The SMILES string of the molecule is CC(Nc1ccccc1I)c1ccc(Cl)c(Cl)c1. The molecule has 0 fully saturated rings. The van der Waals surface area contributed by atoms with Crippen molar-refractivity contribution in [1.82, 2.24) is 0 Å². The van der Waals surface area contributed by atoms with Crippen LogP contribution in [0.3, 0.4) is 0 Å². The van der Waals surface area contributed by atoms with E-state index in [2.05, 4.69) is 47.0 Å². The first kappa shape index (κ1) is 14.0. The molecule has 2 rings (SSSR count). The molecular weight excluding hydrogens is 380 g/mol. The molecule has 0 saturated heterocycles. The maximum absolute atomic E-state index is 6.03. The van der Waals surface area contributed by atoms with Gasteiger partial charge in [0.2, 0.25) is 0 Å². The Labute approximate surface area is 131 Å². The highest BCUT2D eigenvalue weighted by molar-refractivity contribution is 14.1. The zero-order valence-corrected chi connectivity index (χ0v) is 13.4. The van der Waals surface area contributed by atoms with Gasteiger partial charge in [-0.15, -0.1) is 0 Å². The summed E-state index contributed by atoms with van der Waals surface area (Å²) in [5, 5.41) is 4.64. The lowest BCUT2D eigenvalue weighted by Crippen LogP contribution is -2.07. The van der Waals surface area contributed by atoms with Crippen LogP contribution < -0.4 is 5.32 Å². The number of hydrogen-bond donors (Lipinski definition) is 1. The van der Waals surface area contributed by atoms with E-state index in [9.17, 15) is 0 Å². The van der Waals surface area contributed by atoms with Crippen LogP contribution in [0.2, 0.25) is 10.0 Å². The van der Waals surface area contributed by atoms with Gasteiger partial charge in [0.05, 0.1) is 10.0 Å². The van der Waals surface area contributed by atoms with Crippen LogP contribution in [-0.2, 0) is 0 Å². The third kappa shape index (κ3) is 3.31. The summed E-state index contributed by atoms with van der Waals surface area (Å²) in [6.45, 7) is 2.10. The first-order valence-electron chi connectivity index (χ1n) is 5.54. The van der Waals surface area contributed by atoms with Crippen molar-refractivity contribution in [2.45, 2.75) is 13.0 Å². The molecule has 1 nitrogen and oxygen atoms in total. The van der Waals surface area contributed by atoms with Gasteiger partial charge < -0.3 is 5.32 Å². The second kappa shape index (κ2) is 6.13. The van der Waals surface area contributed by atoms with Gasteiger partial charge in [-0.3, -0.25) is 0 Å². The number of para-hydroxylation sites is 1. The van der Waals surface area contributed by atoms with Crippen LogP contribution in [0.5, 0.6) is 0 Å². The third-order valence-corrected chi connectivity index (χ3v) is 4.37. The van der Waals surface area contributed by atoms with Gasteiger partial charge in [-0.05, 0) is 59.3 Å². The molecule has 2 aromatic rings. The Hall–Kier alpha value is -0.450. The number of hydrogen-bond acceptors (Lipinski definition) is 1. The minimum absolute atomic E-state index is 0.177. The lowest BCUT2D eigenvalue weighted by molar-refractivity contribution is 0.883. The Balaban J connectivity index is 2.19. The molecule has 0 saturated carbocycles. The summed E-state index contributed by atoms with van der Waals surface area (Å²) in [5.41, 5.74) is 2.24. The Morgan fingerprint density at radius 3 is 2.44 bits per heavy atom. The van der Waals surface area contributed by atoms with E-state index in [1.165, 1.54) is 3.57 Å². The monoisotopic (exact) mass is 391 g/mol. The van der Waals surface area contributed by atoms with E-state index >= 15 is 0 Å². The third-order valence-electron chi connectivity index (χ3n) is 2.69. The lowest BCUT2D eigenvalue weighted by Gasteiger charge is -2.17. The molecule has 0 spiro atoms. The van der Waals surface area contributed by atoms with Gasteiger partial charge in [0, 0.05) is 15.3 Å². The molecule has 0 aromatic heterocycles. The molecule has 1 atom stereocenters. The zero-order valence-electron chi connectivity index (χ0n) is 9.75. The molecule has 2 aromatic carbocycles. The number of halogens is 3. The fourth-order valence-electron chi connectivity index (χ4n) is 1.68. The van der Waals surface area contributed by atoms with E-state index in [4.69, 9.17) is 23.2 Å². The highest BCUT2D eigenvalue weighted by atomic mass is 127. The van der Waals surface area contributed by atoms with Crippen LogP contribution >= 0.6 is 45.8 Å². The molecule has 0 amide bonds. The molecule has 1 unspecified atom stereocenters. The van der Waals surface area contributed by atoms with Gasteiger partial charge in [-0.1, -0.05) is 41.4 Å². The minimum Gasteiger partial charge on any atom is -0.378 e. The van der Waals surface area contributed by atoms with Crippen molar-refractivity contribution in [3.8, 4) is 0 Å². The molecule has 0 aliphatic rings. The topological polar surface area (TPSA) is 12.0 Å².